The monoisotopic (exact) mass is 573 g/mol. The molecule has 1 aromatic rings. The van der Waals surface area contributed by atoms with Gasteiger partial charge in [0.1, 0.15) is 6.04 Å². The number of carbonyl (C=O) groups excluding carboxylic acids is 1. The van der Waals surface area contributed by atoms with Gasteiger partial charge in [0.15, 0.2) is 16.6 Å². The molecule has 0 aliphatic carbocycles. The number of aromatic amines is 1. The summed E-state index contributed by atoms with van der Waals surface area (Å²) in [5, 5.41) is 0.332. The molecule has 0 fully saturated rings. The van der Waals surface area contributed by atoms with E-state index in [0.29, 0.717) is 59.2 Å². The predicted molar refractivity (Wildman–Crippen MR) is 158 cm³/mol. The maximum Gasteiger partial charge on any atom is 0.323 e. The van der Waals surface area contributed by atoms with Crippen LogP contribution in [-0.2, 0) is 34.3 Å². The summed E-state index contributed by atoms with van der Waals surface area (Å²) in [5.41, 5.74) is 0.803. The zero-order valence-corrected chi connectivity index (χ0v) is 27.9. The minimum absolute atomic E-state index is 0.166. The van der Waals surface area contributed by atoms with Gasteiger partial charge in [0.05, 0.1) is 58.8 Å². The van der Waals surface area contributed by atoms with E-state index in [1.807, 2.05) is 0 Å². The average molecular weight is 574 g/mol. The van der Waals surface area contributed by atoms with Gasteiger partial charge in [-0.1, -0.05) is 41.5 Å². The smallest absolute Gasteiger partial charge is 0.323 e. The van der Waals surface area contributed by atoms with Crippen LogP contribution in [0.4, 0.5) is 0 Å². The molecule has 11 heteroatoms. The molecule has 1 rings (SSSR count). The third-order valence-corrected chi connectivity index (χ3v) is 17.0. The number of hydrogen-bond donors (Lipinski definition) is 1. The van der Waals surface area contributed by atoms with Crippen molar-refractivity contribution in [2.45, 2.75) is 90.3 Å². The largest absolute Gasteiger partial charge is 0.468 e. The molecule has 0 aliphatic rings. The van der Waals surface area contributed by atoms with E-state index in [9.17, 15) is 4.79 Å². The van der Waals surface area contributed by atoms with Gasteiger partial charge in [-0.2, -0.15) is 0 Å². The van der Waals surface area contributed by atoms with Crippen LogP contribution in [0.2, 0.25) is 36.3 Å². The molecule has 1 aromatic heterocycles. The first-order chi connectivity index (χ1) is 17.5. The molecule has 0 aromatic carbocycles. The number of nitrogens with one attached hydrogen (secondary N) is 1. The van der Waals surface area contributed by atoms with Crippen LogP contribution in [0, 0.1) is 0 Å². The zero-order valence-electron chi connectivity index (χ0n) is 25.9. The highest BCUT2D eigenvalue weighted by Crippen LogP contribution is 2.37. The Labute approximate surface area is 233 Å². The topological polar surface area (TPSA) is 95.1 Å². The van der Waals surface area contributed by atoms with Crippen molar-refractivity contribution < 1.29 is 27.9 Å². The van der Waals surface area contributed by atoms with E-state index in [-0.39, 0.29) is 16.0 Å². The van der Waals surface area contributed by atoms with Crippen LogP contribution in [0.1, 0.15) is 47.2 Å². The van der Waals surface area contributed by atoms with Crippen LogP contribution < -0.4 is 0 Å². The van der Waals surface area contributed by atoms with Crippen molar-refractivity contribution >= 4 is 22.6 Å². The van der Waals surface area contributed by atoms with E-state index in [2.05, 4.69) is 82.6 Å². The lowest BCUT2D eigenvalue weighted by atomic mass is 10.1. The van der Waals surface area contributed by atoms with Gasteiger partial charge >= 0.3 is 5.97 Å². The molecule has 0 aliphatic heterocycles. The lowest BCUT2D eigenvalue weighted by Gasteiger charge is -2.36. The molecule has 0 radical (unpaired) electrons. The second-order valence-electron chi connectivity index (χ2n) is 12.8. The summed E-state index contributed by atoms with van der Waals surface area (Å²) in [5.74, 6) is -0.296. The molecule has 222 valence electrons. The minimum atomic E-state index is -1.80. The molecule has 0 amide bonds. The molecule has 0 saturated heterocycles. The number of ether oxygens (including phenoxy) is 3. The molecule has 9 nitrogen and oxygen atoms in total. The van der Waals surface area contributed by atoms with Crippen molar-refractivity contribution in [3.8, 4) is 0 Å². The summed E-state index contributed by atoms with van der Waals surface area (Å²) in [7, 11) is -2.18. The Morgan fingerprint density at radius 2 is 1.34 bits per heavy atom. The third kappa shape index (κ3) is 12.0. The molecular weight excluding hydrogens is 518 g/mol. The molecule has 0 bridgehead atoms. The third-order valence-electron chi connectivity index (χ3n) is 7.91. The summed E-state index contributed by atoms with van der Waals surface area (Å²) >= 11 is 0. The Morgan fingerprint density at radius 1 is 0.868 bits per heavy atom. The lowest BCUT2D eigenvalue weighted by molar-refractivity contribution is -0.147. The number of esters is 1. The van der Waals surface area contributed by atoms with Crippen molar-refractivity contribution in [2.24, 2.45) is 0 Å². The molecule has 0 spiro atoms. The van der Waals surface area contributed by atoms with Crippen LogP contribution in [-0.4, -0.2) is 103 Å². The van der Waals surface area contributed by atoms with Crippen molar-refractivity contribution in [1.82, 2.24) is 14.9 Å². The van der Waals surface area contributed by atoms with E-state index in [4.69, 9.17) is 23.1 Å². The Balaban J connectivity index is 2.65. The summed E-state index contributed by atoms with van der Waals surface area (Å²) in [6.45, 7) is 26.6. The number of nitrogens with zero attached hydrogens (tertiary/aromatic N) is 2. The fourth-order valence-corrected chi connectivity index (χ4v) is 5.29. The normalized spacial score (nSPS) is 14.2. The standard InChI is InChI=1S/C27H55N3O6Si2/c1-26(2,3)37(8,9)35-18-16-33-14-12-30(24(25(31)32-7)20-23-21-28-22-29-23)13-15-34-17-19-36-38(10,11)27(4,5)6/h21-22,24H,12-20H2,1-11H3,(H,28,29). The van der Waals surface area contributed by atoms with Crippen LogP contribution in [0.15, 0.2) is 12.5 Å². The van der Waals surface area contributed by atoms with Crippen LogP contribution in [0.3, 0.4) is 0 Å². The molecular formula is C27H55N3O6Si2. The van der Waals surface area contributed by atoms with Gasteiger partial charge in [-0.3, -0.25) is 9.69 Å². The zero-order chi connectivity index (χ0) is 29.0. The SMILES string of the molecule is COC(=O)C(Cc1c[nH]cn1)N(CCOCCO[Si](C)(C)C(C)(C)C)CCOCCO[Si](C)(C)C(C)(C)C. The van der Waals surface area contributed by atoms with Crippen molar-refractivity contribution in [1.29, 1.82) is 0 Å². The van der Waals surface area contributed by atoms with Crippen molar-refractivity contribution in [3.63, 3.8) is 0 Å². The van der Waals surface area contributed by atoms with E-state index >= 15 is 0 Å². The second kappa shape index (κ2) is 15.6. The Morgan fingerprint density at radius 3 is 1.71 bits per heavy atom. The van der Waals surface area contributed by atoms with E-state index < -0.39 is 22.7 Å². The number of aromatic nitrogens is 2. The highest BCUT2D eigenvalue weighted by molar-refractivity contribution is 6.74. The van der Waals surface area contributed by atoms with Gasteiger partial charge in [-0.15, -0.1) is 0 Å². The van der Waals surface area contributed by atoms with Gasteiger partial charge in [0.25, 0.3) is 0 Å². The number of rotatable bonds is 18. The molecule has 1 heterocycles. The molecule has 1 unspecified atom stereocenters. The Kier molecular flexibility index (Phi) is 14.4. The highest BCUT2D eigenvalue weighted by Gasteiger charge is 2.37. The Bertz CT molecular complexity index is 754. The fourth-order valence-electron chi connectivity index (χ4n) is 3.23. The minimum Gasteiger partial charge on any atom is -0.468 e. The fraction of sp³-hybridized carbons (Fsp3) is 0.852. The Hall–Kier alpha value is -1.09. The maximum absolute atomic E-state index is 12.7. The maximum atomic E-state index is 12.7. The second-order valence-corrected chi connectivity index (χ2v) is 22.4. The van der Waals surface area contributed by atoms with Gasteiger partial charge in [0.2, 0.25) is 0 Å². The number of carbonyl (C=O) groups is 1. The van der Waals surface area contributed by atoms with E-state index in [1.165, 1.54) is 7.11 Å². The number of H-pyrrole nitrogens is 1. The van der Waals surface area contributed by atoms with Crippen molar-refractivity contribution in [2.75, 3.05) is 59.8 Å². The van der Waals surface area contributed by atoms with Gasteiger partial charge in [0, 0.05) is 25.7 Å². The average Bonchev–Trinajstić information content (AvgIpc) is 3.32. The number of hydrogen-bond acceptors (Lipinski definition) is 8. The quantitative estimate of drug-likeness (QED) is 0.151. The summed E-state index contributed by atoms with van der Waals surface area (Å²) in [6.07, 6.45) is 3.86. The predicted octanol–water partition coefficient (Wildman–Crippen LogP) is 4.87. The molecule has 1 N–H and O–H groups in total. The summed E-state index contributed by atoms with van der Waals surface area (Å²) < 4.78 is 29.4. The highest BCUT2D eigenvalue weighted by atomic mass is 28.4. The van der Waals surface area contributed by atoms with Crippen LogP contribution in [0.25, 0.3) is 0 Å². The lowest BCUT2D eigenvalue weighted by Crippen LogP contribution is -2.47. The van der Waals surface area contributed by atoms with E-state index in [1.54, 1.807) is 12.5 Å². The van der Waals surface area contributed by atoms with Crippen LogP contribution in [0.5, 0.6) is 0 Å². The number of methoxy groups -OCH3 is 1. The van der Waals surface area contributed by atoms with Crippen LogP contribution >= 0.6 is 0 Å². The first kappa shape index (κ1) is 34.9. The summed E-state index contributed by atoms with van der Waals surface area (Å²) in [6, 6.07) is -0.484. The molecule has 1 atom stereocenters. The first-order valence-corrected chi connectivity index (χ1v) is 19.6. The van der Waals surface area contributed by atoms with Gasteiger partial charge in [-0.25, -0.2) is 4.98 Å². The van der Waals surface area contributed by atoms with Gasteiger partial charge in [-0.05, 0) is 36.3 Å². The molecule has 0 saturated carbocycles. The van der Waals surface area contributed by atoms with Crippen molar-refractivity contribution in [3.05, 3.63) is 18.2 Å². The van der Waals surface area contributed by atoms with E-state index in [0.717, 1.165) is 5.69 Å². The summed E-state index contributed by atoms with van der Waals surface area (Å²) in [4.78, 5) is 22.1. The molecule has 38 heavy (non-hydrogen) atoms. The van der Waals surface area contributed by atoms with Gasteiger partial charge < -0.3 is 28.0 Å². The number of imidazole rings is 1. The first-order valence-electron chi connectivity index (χ1n) is 13.7.